The fourth-order valence-electron chi connectivity index (χ4n) is 2.20. The van der Waals surface area contributed by atoms with Gasteiger partial charge in [-0.1, -0.05) is 74.5 Å². The van der Waals surface area contributed by atoms with E-state index in [9.17, 15) is 0 Å². The predicted molar refractivity (Wildman–Crippen MR) is 105 cm³/mol. The van der Waals surface area contributed by atoms with Crippen LogP contribution in [0.3, 0.4) is 0 Å². The Hall–Kier alpha value is -2.15. The summed E-state index contributed by atoms with van der Waals surface area (Å²) in [5.41, 5.74) is 5.24. The smallest absolute Gasteiger partial charge is 0.213 e. The van der Waals surface area contributed by atoms with Crippen molar-refractivity contribution in [1.82, 2.24) is 0 Å². The Morgan fingerprint density at radius 1 is 0.440 bits per heavy atom. The molecule has 0 bridgehead atoms. The fourth-order valence-corrected chi connectivity index (χ4v) is 2.20. The minimum atomic E-state index is 0. The summed E-state index contributed by atoms with van der Waals surface area (Å²) in [4.78, 5) is 0. The monoisotopic (exact) mass is 360 g/mol. The maximum atomic E-state index is 2.12. The molecule has 0 amide bonds. The molecule has 0 spiro atoms. The molecular formula is C24H24Ti. The Kier molecular flexibility index (Phi) is 10.2. The molecule has 0 nitrogen and oxygen atoms in total. The van der Waals surface area contributed by atoms with E-state index in [0.29, 0.717) is 0 Å². The summed E-state index contributed by atoms with van der Waals surface area (Å²) in [6.07, 6.45) is 0. The first-order valence-corrected chi connectivity index (χ1v) is 8.23. The average molecular weight is 360 g/mol. The van der Waals surface area contributed by atoms with Crippen molar-refractivity contribution in [2.24, 2.45) is 0 Å². The van der Waals surface area contributed by atoms with Gasteiger partial charge in [0.2, 0.25) is 0 Å². The molecule has 0 fully saturated rings. The van der Waals surface area contributed by atoms with Crippen molar-refractivity contribution in [2.45, 2.75) is 13.8 Å². The second kappa shape index (κ2) is 12.3. The van der Waals surface area contributed by atoms with Gasteiger partial charge < -0.3 is 0 Å². The molecule has 0 heterocycles. The van der Waals surface area contributed by atoms with Crippen LogP contribution < -0.4 is 0 Å². The Labute approximate surface area is 166 Å². The predicted octanol–water partition coefficient (Wildman–Crippen LogP) is 6.78. The second-order valence-electron chi connectivity index (χ2n) is 5.66. The van der Waals surface area contributed by atoms with Crippen LogP contribution in [0.5, 0.6) is 0 Å². The largest absolute Gasteiger partial charge is 2.00 e. The van der Waals surface area contributed by atoms with Crippen LogP contribution in [0.15, 0.2) is 109 Å². The van der Waals surface area contributed by atoms with Gasteiger partial charge in [0.05, 0.1) is 0 Å². The molecule has 0 N–H and O–H groups in total. The molecule has 0 radical (unpaired) electrons. The SMILES string of the molecule is C[c-]1cccc1.C[c-]1cccc1.[Ti+2].c1ccc(-c2ccccc2)cc1. The molecule has 124 valence electrons. The number of benzene rings is 2. The molecule has 0 saturated heterocycles. The molecule has 0 atom stereocenters. The van der Waals surface area contributed by atoms with Gasteiger partial charge in [-0.2, -0.15) is 35.4 Å². The summed E-state index contributed by atoms with van der Waals surface area (Å²) in [6.45, 7) is 4.17. The van der Waals surface area contributed by atoms with Crippen LogP contribution in [0.1, 0.15) is 11.1 Å². The van der Waals surface area contributed by atoms with Crippen molar-refractivity contribution < 1.29 is 21.7 Å². The molecule has 0 aliphatic rings. The first kappa shape index (κ1) is 20.9. The van der Waals surface area contributed by atoms with Crippen LogP contribution in [0, 0.1) is 13.8 Å². The summed E-state index contributed by atoms with van der Waals surface area (Å²) in [7, 11) is 0. The van der Waals surface area contributed by atoms with Gasteiger partial charge in [0.15, 0.2) is 0 Å². The number of rotatable bonds is 1. The van der Waals surface area contributed by atoms with Crippen LogP contribution in [0.2, 0.25) is 0 Å². The van der Waals surface area contributed by atoms with E-state index in [2.05, 4.69) is 86.6 Å². The zero-order valence-corrected chi connectivity index (χ0v) is 16.5. The van der Waals surface area contributed by atoms with E-state index in [1.165, 1.54) is 22.3 Å². The van der Waals surface area contributed by atoms with Gasteiger partial charge in [0.1, 0.15) is 0 Å². The molecule has 0 saturated carbocycles. The van der Waals surface area contributed by atoms with Gasteiger partial charge >= 0.3 is 21.7 Å². The maximum Gasteiger partial charge on any atom is 2.00 e. The second-order valence-corrected chi connectivity index (χ2v) is 5.66. The van der Waals surface area contributed by atoms with Crippen molar-refractivity contribution in [3.63, 3.8) is 0 Å². The van der Waals surface area contributed by atoms with Gasteiger partial charge in [-0.15, -0.1) is 0 Å². The van der Waals surface area contributed by atoms with Gasteiger partial charge in [-0.3, -0.25) is 0 Å². The van der Waals surface area contributed by atoms with Crippen molar-refractivity contribution in [1.29, 1.82) is 0 Å². The fraction of sp³-hybridized carbons (Fsp3) is 0.0833. The van der Waals surface area contributed by atoms with E-state index in [4.69, 9.17) is 0 Å². The van der Waals surface area contributed by atoms with Crippen LogP contribution in [0.25, 0.3) is 11.1 Å². The molecule has 4 aromatic carbocycles. The molecular weight excluding hydrogens is 336 g/mol. The molecule has 25 heavy (non-hydrogen) atoms. The van der Waals surface area contributed by atoms with Crippen LogP contribution in [-0.4, -0.2) is 0 Å². The Morgan fingerprint density at radius 3 is 0.920 bits per heavy atom. The zero-order valence-electron chi connectivity index (χ0n) is 14.9. The summed E-state index contributed by atoms with van der Waals surface area (Å²) >= 11 is 0. The first-order chi connectivity index (χ1) is 11.8. The third-order valence-electron chi connectivity index (χ3n) is 3.54. The number of hydrogen-bond donors (Lipinski definition) is 0. The number of aryl methyl sites for hydroxylation is 2. The van der Waals surface area contributed by atoms with Crippen molar-refractivity contribution >= 4 is 0 Å². The number of hydrogen-bond acceptors (Lipinski definition) is 0. The van der Waals surface area contributed by atoms with E-state index in [0.717, 1.165) is 0 Å². The molecule has 1 heteroatoms. The minimum Gasteiger partial charge on any atom is -0.213 e. The van der Waals surface area contributed by atoms with E-state index in [1.54, 1.807) is 0 Å². The summed E-state index contributed by atoms with van der Waals surface area (Å²) < 4.78 is 0. The van der Waals surface area contributed by atoms with E-state index < -0.39 is 0 Å². The molecule has 0 aliphatic heterocycles. The van der Waals surface area contributed by atoms with E-state index >= 15 is 0 Å². The quantitative estimate of drug-likeness (QED) is 0.259. The topological polar surface area (TPSA) is 0 Å². The van der Waals surface area contributed by atoms with Crippen LogP contribution in [0.4, 0.5) is 0 Å². The molecule has 0 aliphatic carbocycles. The average Bonchev–Trinajstić information content (AvgIpc) is 3.31. The van der Waals surface area contributed by atoms with Crippen molar-refractivity contribution in [2.75, 3.05) is 0 Å². The standard InChI is InChI=1S/C12H10.2C6H7.Ti/c1-3-7-11(8-4-1)12-9-5-2-6-10-12;2*1-6-4-2-3-5-6;/h1-10H;2*2-5H,1H3;/q;2*-1;+2. The van der Waals surface area contributed by atoms with Gasteiger partial charge in [-0.25, -0.2) is 24.3 Å². The first-order valence-electron chi connectivity index (χ1n) is 8.23. The Morgan fingerprint density at radius 2 is 0.720 bits per heavy atom. The maximum absolute atomic E-state index is 2.12. The minimum absolute atomic E-state index is 0. The Bertz CT molecular complexity index is 682. The summed E-state index contributed by atoms with van der Waals surface area (Å²) in [6, 6.07) is 37.3. The molecule has 4 aromatic rings. The third kappa shape index (κ3) is 8.49. The normalized spacial score (nSPS) is 8.88. The van der Waals surface area contributed by atoms with E-state index in [1.807, 2.05) is 36.4 Å². The third-order valence-corrected chi connectivity index (χ3v) is 3.54. The molecule has 0 aromatic heterocycles. The van der Waals surface area contributed by atoms with Crippen LogP contribution >= 0.6 is 0 Å². The molecule has 0 unspecified atom stereocenters. The van der Waals surface area contributed by atoms with E-state index in [-0.39, 0.29) is 21.7 Å². The van der Waals surface area contributed by atoms with Crippen LogP contribution in [-0.2, 0) is 21.7 Å². The van der Waals surface area contributed by atoms with Gasteiger partial charge in [0.25, 0.3) is 0 Å². The summed E-state index contributed by atoms with van der Waals surface area (Å²) in [5.74, 6) is 0. The molecule has 4 rings (SSSR count). The Balaban J connectivity index is 0.000000204. The van der Waals surface area contributed by atoms with Crippen molar-refractivity contribution in [3.8, 4) is 11.1 Å². The van der Waals surface area contributed by atoms with Crippen molar-refractivity contribution in [3.05, 3.63) is 120 Å². The van der Waals surface area contributed by atoms with Gasteiger partial charge in [-0.05, 0) is 11.1 Å². The zero-order chi connectivity index (χ0) is 17.0. The van der Waals surface area contributed by atoms with Gasteiger partial charge in [0, 0.05) is 0 Å². The summed E-state index contributed by atoms with van der Waals surface area (Å²) in [5, 5.41) is 0.